The molecular formula is C44H37N3. The van der Waals surface area contributed by atoms with Crippen LogP contribution >= 0.6 is 0 Å². The van der Waals surface area contributed by atoms with Crippen molar-refractivity contribution in [3.8, 4) is 33.9 Å². The number of hydrogen-bond donors (Lipinski definition) is 0. The first-order valence-corrected chi connectivity index (χ1v) is 16.8. The number of aryl methyl sites for hydroxylation is 2. The molecule has 0 radical (unpaired) electrons. The maximum absolute atomic E-state index is 5.13. The molecule has 4 atom stereocenters. The van der Waals surface area contributed by atoms with Gasteiger partial charge in [-0.3, -0.25) is 0 Å². The van der Waals surface area contributed by atoms with E-state index < -0.39 is 0 Å². The van der Waals surface area contributed by atoms with E-state index in [0.29, 0.717) is 34.8 Å². The van der Waals surface area contributed by atoms with E-state index in [-0.39, 0.29) is 0 Å². The van der Waals surface area contributed by atoms with Gasteiger partial charge in [-0.2, -0.15) is 0 Å². The number of nitrogens with zero attached hydrogens (tertiary/aromatic N) is 3. The van der Waals surface area contributed by atoms with E-state index in [2.05, 4.69) is 148 Å². The third kappa shape index (κ3) is 5.20. The summed E-state index contributed by atoms with van der Waals surface area (Å²) < 4.78 is 0. The van der Waals surface area contributed by atoms with Crippen LogP contribution in [0.3, 0.4) is 0 Å². The van der Waals surface area contributed by atoms with E-state index in [1.54, 1.807) is 0 Å². The Labute approximate surface area is 277 Å². The number of aromatic nitrogens is 3. The highest BCUT2D eigenvalue weighted by Crippen LogP contribution is 2.58. The molecule has 2 saturated carbocycles. The fraction of sp³-hybridized carbons (Fsp3) is 0.205. The lowest BCUT2D eigenvalue weighted by atomic mass is 9.92. The standard InChI is InChI=1S/C44H37N3/c1-27-4-8-29(9-5-27)30-12-16-33(17-13-30)41-45-42(34-18-14-31(15-19-34)35-22-23-44(3)26-36(44)24-35)47-43(46-41)38-21-20-37(39-25-40(38)39)32-10-6-28(2)7-11-32/h4-24,36,39-40H,25-26H2,1-3H3. The van der Waals surface area contributed by atoms with Gasteiger partial charge in [-0.15, -0.1) is 0 Å². The summed E-state index contributed by atoms with van der Waals surface area (Å²) >= 11 is 0. The summed E-state index contributed by atoms with van der Waals surface area (Å²) in [7, 11) is 0. The van der Waals surface area contributed by atoms with Crippen molar-refractivity contribution < 1.29 is 0 Å². The molecule has 2 fully saturated rings. The van der Waals surface area contributed by atoms with Crippen LogP contribution in [0.4, 0.5) is 0 Å². The van der Waals surface area contributed by atoms with Gasteiger partial charge >= 0.3 is 0 Å². The molecular weight excluding hydrogens is 571 g/mol. The smallest absolute Gasteiger partial charge is 0.164 e. The van der Waals surface area contributed by atoms with Gasteiger partial charge in [0.25, 0.3) is 0 Å². The van der Waals surface area contributed by atoms with Crippen molar-refractivity contribution in [1.82, 2.24) is 15.0 Å². The van der Waals surface area contributed by atoms with Gasteiger partial charge in [-0.25, -0.2) is 15.0 Å². The first kappa shape index (κ1) is 28.1. The zero-order chi connectivity index (χ0) is 31.7. The lowest BCUT2D eigenvalue weighted by Crippen LogP contribution is -2.06. The Balaban J connectivity index is 1.09. The number of allylic oxidation sites excluding steroid dienone is 8. The predicted molar refractivity (Wildman–Crippen MR) is 193 cm³/mol. The molecule has 0 saturated heterocycles. The number of hydrogen-bond acceptors (Lipinski definition) is 3. The monoisotopic (exact) mass is 607 g/mol. The first-order valence-electron chi connectivity index (χ1n) is 16.8. The minimum Gasteiger partial charge on any atom is -0.209 e. The van der Waals surface area contributed by atoms with Crippen LogP contribution in [0.25, 0.3) is 50.6 Å². The van der Waals surface area contributed by atoms with E-state index in [0.717, 1.165) is 23.4 Å². The molecule has 0 amide bonds. The zero-order valence-electron chi connectivity index (χ0n) is 27.1. The van der Waals surface area contributed by atoms with Crippen LogP contribution < -0.4 is 0 Å². The summed E-state index contributed by atoms with van der Waals surface area (Å²) in [5.41, 5.74) is 13.8. The summed E-state index contributed by atoms with van der Waals surface area (Å²) in [5, 5.41) is 0. The molecule has 0 bridgehead atoms. The maximum atomic E-state index is 5.13. The van der Waals surface area contributed by atoms with Crippen molar-refractivity contribution in [2.45, 2.75) is 33.6 Å². The van der Waals surface area contributed by atoms with Crippen molar-refractivity contribution in [2.75, 3.05) is 0 Å². The summed E-state index contributed by atoms with van der Waals surface area (Å²) in [6.45, 7) is 6.61. The highest BCUT2D eigenvalue weighted by atomic mass is 15.0. The zero-order valence-corrected chi connectivity index (χ0v) is 27.1. The summed E-state index contributed by atoms with van der Waals surface area (Å²) in [6, 6.07) is 34.9. The topological polar surface area (TPSA) is 38.7 Å². The molecule has 0 aliphatic heterocycles. The minimum atomic E-state index is 0.379. The summed E-state index contributed by atoms with van der Waals surface area (Å²) in [6.07, 6.45) is 14.0. The Hall–Kier alpha value is -5.15. The predicted octanol–water partition coefficient (Wildman–Crippen LogP) is 10.6. The van der Waals surface area contributed by atoms with Crippen molar-refractivity contribution in [1.29, 1.82) is 0 Å². The second-order valence-electron chi connectivity index (χ2n) is 14.2. The van der Waals surface area contributed by atoms with Crippen LogP contribution in [0.2, 0.25) is 0 Å². The fourth-order valence-electron chi connectivity index (χ4n) is 7.34. The molecule has 47 heavy (non-hydrogen) atoms. The van der Waals surface area contributed by atoms with Gasteiger partial charge < -0.3 is 0 Å². The van der Waals surface area contributed by atoms with E-state index in [1.807, 2.05) is 0 Å². The highest BCUT2D eigenvalue weighted by molar-refractivity contribution is 5.84. The van der Waals surface area contributed by atoms with E-state index in [4.69, 9.17) is 15.0 Å². The second kappa shape index (κ2) is 10.7. The quantitative estimate of drug-likeness (QED) is 0.193. The van der Waals surface area contributed by atoms with Crippen LogP contribution in [-0.4, -0.2) is 15.0 Å². The van der Waals surface area contributed by atoms with Gasteiger partial charge in [0, 0.05) is 16.7 Å². The van der Waals surface area contributed by atoms with Crippen LogP contribution in [0, 0.1) is 37.0 Å². The SMILES string of the molecule is Cc1ccc(C2=CC=C(c3nc(-c4ccc(C5=CC6CC6(C)C=C5)cc4)nc(-c4ccc(-c5ccc(C)cc5)cc4)n3)C3CC23)cc1. The molecule has 3 heteroatoms. The summed E-state index contributed by atoms with van der Waals surface area (Å²) in [4.78, 5) is 15.3. The van der Waals surface area contributed by atoms with Crippen molar-refractivity contribution in [3.05, 3.63) is 156 Å². The van der Waals surface area contributed by atoms with Crippen molar-refractivity contribution >= 4 is 16.7 Å². The number of rotatable bonds is 6. The lowest BCUT2D eigenvalue weighted by Gasteiger charge is -2.16. The lowest BCUT2D eigenvalue weighted by molar-refractivity contribution is 0.692. The maximum Gasteiger partial charge on any atom is 0.164 e. The molecule has 3 nitrogen and oxygen atoms in total. The van der Waals surface area contributed by atoms with Gasteiger partial charge in [0.15, 0.2) is 17.5 Å². The van der Waals surface area contributed by atoms with Gasteiger partial charge in [0.2, 0.25) is 0 Å². The number of fused-ring (bicyclic) bond motifs is 2. The van der Waals surface area contributed by atoms with E-state index in [9.17, 15) is 0 Å². The highest BCUT2D eigenvalue weighted by Gasteiger charge is 2.48. The molecule has 1 heterocycles. The largest absolute Gasteiger partial charge is 0.209 e. The van der Waals surface area contributed by atoms with Gasteiger partial charge in [0.1, 0.15) is 0 Å². The van der Waals surface area contributed by atoms with Gasteiger partial charge in [-0.05, 0) is 83.3 Å². The Kier molecular flexibility index (Phi) is 6.40. The molecule has 4 unspecified atom stereocenters. The molecule has 0 spiro atoms. The molecule has 4 aliphatic rings. The Bertz CT molecular complexity index is 2150. The Morgan fingerprint density at radius 1 is 0.532 bits per heavy atom. The molecule has 5 aromatic rings. The van der Waals surface area contributed by atoms with Crippen LogP contribution in [-0.2, 0) is 0 Å². The number of benzene rings is 4. The molecule has 9 rings (SSSR count). The Morgan fingerprint density at radius 3 is 1.60 bits per heavy atom. The third-order valence-corrected chi connectivity index (χ3v) is 10.7. The van der Waals surface area contributed by atoms with Crippen molar-refractivity contribution in [3.63, 3.8) is 0 Å². The minimum absolute atomic E-state index is 0.379. The van der Waals surface area contributed by atoms with Crippen molar-refractivity contribution in [2.24, 2.45) is 23.2 Å². The van der Waals surface area contributed by atoms with Crippen LogP contribution in [0.5, 0.6) is 0 Å². The Morgan fingerprint density at radius 2 is 1.00 bits per heavy atom. The first-order chi connectivity index (χ1) is 22.9. The third-order valence-electron chi connectivity index (χ3n) is 10.7. The van der Waals surface area contributed by atoms with Gasteiger partial charge in [-0.1, -0.05) is 145 Å². The summed E-state index contributed by atoms with van der Waals surface area (Å²) in [5.74, 6) is 3.83. The average Bonchev–Trinajstić information content (AvgIpc) is 4.03. The fourth-order valence-corrected chi connectivity index (χ4v) is 7.34. The second-order valence-corrected chi connectivity index (χ2v) is 14.2. The molecule has 228 valence electrons. The normalized spacial score (nSPS) is 23.6. The van der Waals surface area contributed by atoms with Crippen LogP contribution in [0.1, 0.15) is 47.8 Å². The average molecular weight is 608 g/mol. The molecule has 0 N–H and O–H groups in total. The molecule has 4 aromatic carbocycles. The van der Waals surface area contributed by atoms with Crippen LogP contribution in [0.15, 0.2) is 127 Å². The van der Waals surface area contributed by atoms with Gasteiger partial charge in [0.05, 0.1) is 0 Å². The van der Waals surface area contributed by atoms with E-state index in [1.165, 1.54) is 56.5 Å². The van der Waals surface area contributed by atoms with E-state index >= 15 is 0 Å². The molecule has 1 aromatic heterocycles. The molecule has 4 aliphatic carbocycles.